The zero-order chi connectivity index (χ0) is 23.8. The zero-order valence-electron chi connectivity index (χ0n) is 19.5. The van der Waals surface area contributed by atoms with Crippen molar-refractivity contribution in [3.05, 3.63) is 105 Å². The molecule has 3 rings (SSSR count). The third-order valence-electron chi connectivity index (χ3n) is 5.53. The standard InChI is InChI=1S/C28H31BrN2O2/c1-4-30-28(33)26(17-22-8-6-5-7-9-22)31(19-23-10-12-25(29)13-11-23)27(32)18-24-15-20(2)14-21(3)16-24/h5-16,26H,4,17-19H2,1-3H3,(H,30,33). The number of benzene rings is 3. The van der Waals surface area contributed by atoms with Gasteiger partial charge in [0.1, 0.15) is 6.04 Å². The second kappa shape index (κ2) is 11.8. The minimum atomic E-state index is -0.602. The smallest absolute Gasteiger partial charge is 0.243 e. The first kappa shape index (κ1) is 24.7. The molecule has 3 aromatic carbocycles. The fraction of sp³-hybridized carbons (Fsp3) is 0.286. The Bertz CT molecular complexity index is 1060. The third kappa shape index (κ3) is 7.29. The van der Waals surface area contributed by atoms with Crippen LogP contribution in [0, 0.1) is 13.8 Å². The highest BCUT2D eigenvalue weighted by Crippen LogP contribution is 2.19. The first-order valence-corrected chi connectivity index (χ1v) is 12.1. The summed E-state index contributed by atoms with van der Waals surface area (Å²) in [4.78, 5) is 28.6. The van der Waals surface area contributed by atoms with Crippen molar-refractivity contribution >= 4 is 27.7 Å². The number of nitrogens with zero attached hydrogens (tertiary/aromatic N) is 1. The second-order valence-corrected chi connectivity index (χ2v) is 9.34. The normalized spacial score (nSPS) is 11.6. The van der Waals surface area contributed by atoms with Gasteiger partial charge < -0.3 is 10.2 Å². The molecule has 0 fully saturated rings. The molecule has 172 valence electrons. The summed E-state index contributed by atoms with van der Waals surface area (Å²) in [5, 5.41) is 2.94. The minimum Gasteiger partial charge on any atom is -0.355 e. The van der Waals surface area contributed by atoms with E-state index in [9.17, 15) is 9.59 Å². The molecule has 0 aliphatic heterocycles. The van der Waals surface area contributed by atoms with Gasteiger partial charge in [-0.2, -0.15) is 0 Å². The number of hydrogen-bond acceptors (Lipinski definition) is 2. The van der Waals surface area contributed by atoms with Crippen LogP contribution in [-0.4, -0.2) is 29.3 Å². The lowest BCUT2D eigenvalue weighted by Gasteiger charge is -2.31. The molecule has 4 nitrogen and oxygen atoms in total. The van der Waals surface area contributed by atoms with Crippen molar-refractivity contribution in [3.8, 4) is 0 Å². The molecule has 0 aromatic heterocycles. The van der Waals surface area contributed by atoms with Crippen molar-refractivity contribution < 1.29 is 9.59 Å². The number of hydrogen-bond donors (Lipinski definition) is 1. The lowest BCUT2D eigenvalue weighted by molar-refractivity contribution is -0.140. The highest BCUT2D eigenvalue weighted by Gasteiger charge is 2.30. The van der Waals surface area contributed by atoms with Crippen molar-refractivity contribution in [2.24, 2.45) is 0 Å². The molecule has 0 bridgehead atoms. The molecule has 0 heterocycles. The van der Waals surface area contributed by atoms with Gasteiger partial charge in [-0.1, -0.05) is 87.7 Å². The number of halogens is 1. The van der Waals surface area contributed by atoms with E-state index in [1.165, 1.54) is 0 Å². The highest BCUT2D eigenvalue weighted by atomic mass is 79.9. The lowest BCUT2D eigenvalue weighted by Crippen LogP contribution is -2.50. The highest BCUT2D eigenvalue weighted by molar-refractivity contribution is 9.10. The van der Waals surface area contributed by atoms with E-state index < -0.39 is 6.04 Å². The molecule has 0 saturated heterocycles. The maximum atomic E-state index is 13.7. The van der Waals surface area contributed by atoms with Crippen LogP contribution in [0.2, 0.25) is 0 Å². The van der Waals surface area contributed by atoms with Crippen LogP contribution >= 0.6 is 15.9 Å². The maximum Gasteiger partial charge on any atom is 0.243 e. The molecule has 0 radical (unpaired) electrons. The van der Waals surface area contributed by atoms with Gasteiger partial charge in [-0.15, -0.1) is 0 Å². The Morgan fingerprint density at radius 2 is 1.52 bits per heavy atom. The summed E-state index contributed by atoms with van der Waals surface area (Å²) in [6.45, 7) is 6.85. The molecule has 1 N–H and O–H groups in total. The van der Waals surface area contributed by atoms with Gasteiger partial charge in [-0.25, -0.2) is 0 Å². The van der Waals surface area contributed by atoms with Crippen LogP contribution in [0.15, 0.2) is 77.3 Å². The molecule has 1 unspecified atom stereocenters. The molecule has 0 saturated carbocycles. The van der Waals surface area contributed by atoms with E-state index in [1.54, 1.807) is 4.90 Å². The summed E-state index contributed by atoms with van der Waals surface area (Å²) in [7, 11) is 0. The molecule has 5 heteroatoms. The summed E-state index contributed by atoms with van der Waals surface area (Å²) in [6, 6.07) is 23.3. The summed E-state index contributed by atoms with van der Waals surface area (Å²) in [5.41, 5.74) is 5.22. The first-order chi connectivity index (χ1) is 15.9. The molecular formula is C28H31BrN2O2. The fourth-order valence-electron chi connectivity index (χ4n) is 4.08. The summed E-state index contributed by atoms with van der Waals surface area (Å²) in [5.74, 6) is -0.192. The molecule has 2 amide bonds. The predicted molar refractivity (Wildman–Crippen MR) is 137 cm³/mol. The van der Waals surface area contributed by atoms with Crippen molar-refractivity contribution in [3.63, 3.8) is 0 Å². The van der Waals surface area contributed by atoms with E-state index >= 15 is 0 Å². The van der Waals surface area contributed by atoms with E-state index in [4.69, 9.17) is 0 Å². The Labute approximate surface area is 205 Å². The van der Waals surface area contributed by atoms with Gasteiger partial charge in [0.25, 0.3) is 0 Å². The Morgan fingerprint density at radius 3 is 2.12 bits per heavy atom. The number of amides is 2. The average Bonchev–Trinajstić information content (AvgIpc) is 2.77. The van der Waals surface area contributed by atoms with Gasteiger partial charge >= 0.3 is 0 Å². The van der Waals surface area contributed by atoms with E-state index in [-0.39, 0.29) is 18.2 Å². The van der Waals surface area contributed by atoms with Gasteiger partial charge in [0.05, 0.1) is 6.42 Å². The quantitative estimate of drug-likeness (QED) is 0.423. The Kier molecular flexibility index (Phi) is 8.84. The van der Waals surface area contributed by atoms with Crippen LogP contribution in [-0.2, 0) is 29.0 Å². The predicted octanol–water partition coefficient (Wildman–Crippen LogP) is 5.38. The largest absolute Gasteiger partial charge is 0.355 e. The number of rotatable bonds is 9. The Hall–Kier alpha value is -2.92. The van der Waals surface area contributed by atoms with Crippen LogP contribution in [0.4, 0.5) is 0 Å². The monoisotopic (exact) mass is 506 g/mol. The van der Waals surface area contributed by atoms with Gasteiger partial charge in [0.2, 0.25) is 11.8 Å². The Morgan fingerprint density at radius 1 is 0.879 bits per heavy atom. The average molecular weight is 507 g/mol. The molecule has 0 aliphatic rings. The van der Waals surface area contributed by atoms with Crippen LogP contribution in [0.5, 0.6) is 0 Å². The fourth-order valence-corrected chi connectivity index (χ4v) is 4.34. The van der Waals surface area contributed by atoms with E-state index in [2.05, 4.69) is 27.3 Å². The third-order valence-corrected chi connectivity index (χ3v) is 6.05. The van der Waals surface area contributed by atoms with E-state index in [1.807, 2.05) is 87.5 Å². The van der Waals surface area contributed by atoms with Gasteiger partial charge in [-0.3, -0.25) is 9.59 Å². The van der Waals surface area contributed by atoms with Gasteiger partial charge in [-0.05, 0) is 49.6 Å². The zero-order valence-corrected chi connectivity index (χ0v) is 21.1. The SMILES string of the molecule is CCNC(=O)C(Cc1ccccc1)N(Cc1ccc(Br)cc1)C(=O)Cc1cc(C)cc(C)c1. The van der Waals surface area contributed by atoms with Crippen LogP contribution in [0.25, 0.3) is 0 Å². The van der Waals surface area contributed by atoms with Crippen molar-refractivity contribution in [2.45, 2.75) is 46.2 Å². The van der Waals surface area contributed by atoms with Crippen LogP contribution < -0.4 is 5.32 Å². The molecule has 1 atom stereocenters. The van der Waals surface area contributed by atoms with Crippen molar-refractivity contribution in [2.75, 3.05) is 6.54 Å². The number of aryl methyl sites for hydroxylation is 2. The number of carbonyl (C=O) groups is 2. The second-order valence-electron chi connectivity index (χ2n) is 8.42. The summed E-state index contributed by atoms with van der Waals surface area (Å²) in [6.07, 6.45) is 0.714. The molecule has 3 aromatic rings. The number of likely N-dealkylation sites (N-methyl/N-ethyl adjacent to an activating group) is 1. The summed E-state index contributed by atoms with van der Waals surface area (Å²) >= 11 is 3.47. The number of nitrogens with one attached hydrogen (secondary N) is 1. The topological polar surface area (TPSA) is 49.4 Å². The lowest BCUT2D eigenvalue weighted by atomic mass is 10.0. The van der Waals surface area contributed by atoms with Crippen molar-refractivity contribution in [1.29, 1.82) is 0 Å². The number of carbonyl (C=O) groups excluding carboxylic acids is 2. The van der Waals surface area contributed by atoms with Gasteiger partial charge in [0.15, 0.2) is 0 Å². The van der Waals surface area contributed by atoms with Gasteiger partial charge in [0, 0.05) is 24.0 Å². The molecule has 33 heavy (non-hydrogen) atoms. The van der Waals surface area contributed by atoms with Crippen LogP contribution in [0.1, 0.15) is 34.7 Å². The molecule has 0 aliphatic carbocycles. The van der Waals surface area contributed by atoms with Crippen LogP contribution in [0.3, 0.4) is 0 Å². The van der Waals surface area contributed by atoms with Crippen molar-refractivity contribution in [1.82, 2.24) is 10.2 Å². The van der Waals surface area contributed by atoms with E-state index in [0.29, 0.717) is 19.5 Å². The minimum absolute atomic E-state index is 0.0601. The molecular weight excluding hydrogens is 476 g/mol. The van der Waals surface area contributed by atoms with E-state index in [0.717, 1.165) is 32.3 Å². The maximum absolute atomic E-state index is 13.7. The molecule has 0 spiro atoms. The Balaban J connectivity index is 1.96. The first-order valence-electron chi connectivity index (χ1n) is 11.3. The summed E-state index contributed by atoms with van der Waals surface area (Å²) < 4.78 is 0.976.